The van der Waals surface area contributed by atoms with E-state index in [0.717, 1.165) is 11.8 Å². The molecule has 0 nitrogen and oxygen atoms in total. The summed E-state index contributed by atoms with van der Waals surface area (Å²) in [5, 5.41) is 0. The molecule has 0 spiro atoms. The van der Waals surface area contributed by atoms with Crippen LogP contribution in [0.5, 0.6) is 0 Å². The molecular weight excluding hydrogens is 456 g/mol. The van der Waals surface area contributed by atoms with Gasteiger partial charge in [0, 0.05) is 0 Å². The summed E-state index contributed by atoms with van der Waals surface area (Å²) >= 11 is 0. The van der Waals surface area contributed by atoms with Crippen LogP contribution in [0.3, 0.4) is 0 Å². The van der Waals surface area contributed by atoms with Gasteiger partial charge in [-0.15, -0.1) is 0 Å². The highest BCUT2D eigenvalue weighted by Gasteiger charge is 2.31. The standard InChI is InChI=1S/C10H18.C9H16.C8H14.C6H12.C5H10/c1-2-6-10-8-4-3-7-9(10)5-1;1-2-5-9-7-3-6-8(9)4-1;1-3-7-5-2-6-8(7)4-1;1-2-4-6-5-3-1;1-2-4-5-3-1/h9-10H,1-8H2;8-9H,1-7H2;7-8H,1-6H2;1-6H2;1-5H2. The molecule has 8 saturated carbocycles. The molecule has 0 heteroatoms. The van der Waals surface area contributed by atoms with Gasteiger partial charge in [-0.25, -0.2) is 0 Å². The van der Waals surface area contributed by atoms with Crippen molar-refractivity contribution in [3.05, 3.63) is 0 Å². The van der Waals surface area contributed by atoms with Crippen LogP contribution < -0.4 is 0 Å². The lowest BCUT2D eigenvalue weighted by atomic mass is 9.71. The minimum absolute atomic E-state index is 1.16. The Balaban J connectivity index is 0.000000113. The summed E-state index contributed by atoms with van der Waals surface area (Å²) in [6.45, 7) is 0. The van der Waals surface area contributed by atoms with Crippen LogP contribution in [0.2, 0.25) is 0 Å². The Morgan fingerprint density at radius 1 is 0.132 bits per heavy atom. The third kappa shape index (κ3) is 11.5. The van der Waals surface area contributed by atoms with Crippen molar-refractivity contribution in [3.63, 3.8) is 0 Å². The second-order valence-corrected chi connectivity index (χ2v) is 15.1. The Morgan fingerprint density at radius 3 is 0.421 bits per heavy atom. The van der Waals surface area contributed by atoms with Gasteiger partial charge in [0.2, 0.25) is 0 Å². The zero-order chi connectivity index (χ0) is 26.1. The minimum atomic E-state index is 1.16. The quantitative estimate of drug-likeness (QED) is 0.294. The fourth-order valence-corrected chi connectivity index (χ4v) is 10.0. The first-order valence-electron chi connectivity index (χ1n) is 18.9. The van der Waals surface area contributed by atoms with Gasteiger partial charge in [0.1, 0.15) is 0 Å². The monoisotopic (exact) mass is 527 g/mol. The van der Waals surface area contributed by atoms with Gasteiger partial charge in [0.05, 0.1) is 0 Å². The second kappa shape index (κ2) is 19.2. The van der Waals surface area contributed by atoms with E-state index in [1.807, 2.05) is 0 Å². The van der Waals surface area contributed by atoms with Crippen LogP contribution in [-0.4, -0.2) is 0 Å². The van der Waals surface area contributed by atoms with Crippen molar-refractivity contribution in [1.82, 2.24) is 0 Å². The summed E-state index contributed by atoms with van der Waals surface area (Å²) in [7, 11) is 0. The van der Waals surface area contributed by atoms with E-state index in [2.05, 4.69) is 0 Å². The topological polar surface area (TPSA) is 0 Å². The van der Waals surface area contributed by atoms with E-state index < -0.39 is 0 Å². The van der Waals surface area contributed by atoms with E-state index in [4.69, 9.17) is 0 Å². The molecule has 2 unspecified atom stereocenters. The van der Waals surface area contributed by atoms with E-state index in [-0.39, 0.29) is 0 Å². The molecule has 0 bridgehead atoms. The number of hydrogen-bond donors (Lipinski definition) is 0. The molecule has 0 amide bonds. The van der Waals surface area contributed by atoms with Gasteiger partial charge >= 0.3 is 0 Å². The Labute approximate surface area is 240 Å². The first-order valence-corrected chi connectivity index (χ1v) is 18.9. The van der Waals surface area contributed by atoms with E-state index in [1.165, 1.54) is 152 Å². The molecule has 0 aromatic rings. The van der Waals surface area contributed by atoms with Crippen LogP contribution in [0, 0.1) is 35.5 Å². The summed E-state index contributed by atoms with van der Waals surface area (Å²) in [6.07, 6.45) is 49.0. The maximum absolute atomic E-state index is 1.56. The highest BCUT2D eigenvalue weighted by atomic mass is 14.4. The second-order valence-electron chi connectivity index (χ2n) is 15.1. The molecule has 2 atom stereocenters. The van der Waals surface area contributed by atoms with Crippen LogP contribution in [0.15, 0.2) is 0 Å². The summed E-state index contributed by atoms with van der Waals surface area (Å²) in [4.78, 5) is 0. The average Bonchev–Trinajstić information content (AvgIpc) is 3.82. The summed E-state index contributed by atoms with van der Waals surface area (Å²) in [5.74, 6) is 6.99. The lowest BCUT2D eigenvalue weighted by molar-refractivity contribution is 0.171. The van der Waals surface area contributed by atoms with Crippen molar-refractivity contribution < 1.29 is 0 Å². The number of rotatable bonds is 0. The van der Waals surface area contributed by atoms with Crippen molar-refractivity contribution in [2.24, 2.45) is 35.5 Å². The van der Waals surface area contributed by atoms with Gasteiger partial charge in [0.25, 0.3) is 0 Å². The third-order valence-corrected chi connectivity index (χ3v) is 12.4. The first kappa shape index (κ1) is 30.9. The highest BCUT2D eigenvalue weighted by Crippen LogP contribution is 2.44. The summed E-state index contributed by atoms with van der Waals surface area (Å²) in [5.41, 5.74) is 0. The first-order chi connectivity index (χ1) is 18.9. The lowest BCUT2D eigenvalue weighted by Gasteiger charge is -2.35. The molecule has 0 aromatic heterocycles. The smallest absolute Gasteiger partial charge is 0.0386 e. The van der Waals surface area contributed by atoms with Gasteiger partial charge in [-0.2, -0.15) is 0 Å². The van der Waals surface area contributed by atoms with Gasteiger partial charge in [0.15, 0.2) is 0 Å². The Morgan fingerprint density at radius 2 is 0.263 bits per heavy atom. The normalized spacial score (nSPS) is 37.3. The van der Waals surface area contributed by atoms with Crippen molar-refractivity contribution in [1.29, 1.82) is 0 Å². The zero-order valence-corrected chi connectivity index (χ0v) is 26.1. The molecule has 0 aliphatic heterocycles. The van der Waals surface area contributed by atoms with Crippen LogP contribution in [0.1, 0.15) is 205 Å². The van der Waals surface area contributed by atoms with E-state index in [1.54, 1.807) is 77.0 Å². The Bertz CT molecular complexity index is 479. The number of hydrogen-bond acceptors (Lipinski definition) is 0. The van der Waals surface area contributed by atoms with Crippen molar-refractivity contribution in [3.8, 4) is 0 Å². The van der Waals surface area contributed by atoms with Crippen molar-refractivity contribution in [2.75, 3.05) is 0 Å². The predicted molar refractivity (Wildman–Crippen MR) is 169 cm³/mol. The molecule has 222 valence electrons. The highest BCUT2D eigenvalue weighted by molar-refractivity contribution is 4.83. The third-order valence-electron chi connectivity index (χ3n) is 12.4. The molecule has 0 N–H and O–H groups in total. The van der Waals surface area contributed by atoms with E-state index in [9.17, 15) is 0 Å². The summed E-state index contributed by atoms with van der Waals surface area (Å²) < 4.78 is 0. The van der Waals surface area contributed by atoms with E-state index in [0.29, 0.717) is 0 Å². The van der Waals surface area contributed by atoms with Crippen molar-refractivity contribution in [2.45, 2.75) is 205 Å². The molecule has 8 fully saturated rings. The van der Waals surface area contributed by atoms with Crippen LogP contribution in [-0.2, 0) is 0 Å². The van der Waals surface area contributed by atoms with Gasteiger partial charge in [-0.05, 0) is 35.5 Å². The van der Waals surface area contributed by atoms with Gasteiger partial charge < -0.3 is 0 Å². The molecule has 0 radical (unpaired) electrons. The largest absolute Gasteiger partial charge is 0.0533 e. The number of fused-ring (bicyclic) bond motifs is 3. The summed E-state index contributed by atoms with van der Waals surface area (Å²) in [6, 6.07) is 0. The molecule has 0 saturated heterocycles. The lowest BCUT2D eigenvalue weighted by Crippen LogP contribution is -2.22. The molecule has 8 aliphatic carbocycles. The molecule has 0 heterocycles. The van der Waals surface area contributed by atoms with Crippen molar-refractivity contribution >= 4 is 0 Å². The molecular formula is C38H70. The predicted octanol–water partition coefficient (Wildman–Crippen LogP) is 13.2. The van der Waals surface area contributed by atoms with Gasteiger partial charge in [-0.1, -0.05) is 205 Å². The molecule has 38 heavy (non-hydrogen) atoms. The minimum Gasteiger partial charge on any atom is -0.0533 e. The SMILES string of the molecule is C1CC2CCCC2C1.C1CCC2CCCC2C1.C1CCC2CCCCC2C1.C1CCCC1.C1CCCCC1. The van der Waals surface area contributed by atoms with Crippen LogP contribution in [0.25, 0.3) is 0 Å². The molecule has 8 rings (SSSR count). The molecule has 8 aliphatic rings. The Kier molecular flexibility index (Phi) is 15.6. The van der Waals surface area contributed by atoms with Crippen LogP contribution >= 0.6 is 0 Å². The van der Waals surface area contributed by atoms with E-state index >= 15 is 0 Å². The zero-order valence-electron chi connectivity index (χ0n) is 26.1. The maximum Gasteiger partial charge on any atom is -0.0386 e. The Hall–Kier alpha value is 0. The fraction of sp³-hybridized carbons (Fsp3) is 1.00. The fourth-order valence-electron chi connectivity index (χ4n) is 10.0. The molecule has 0 aromatic carbocycles. The maximum atomic E-state index is 1.56. The van der Waals surface area contributed by atoms with Crippen LogP contribution in [0.4, 0.5) is 0 Å². The van der Waals surface area contributed by atoms with Gasteiger partial charge in [-0.3, -0.25) is 0 Å². The average molecular weight is 527 g/mol.